The summed E-state index contributed by atoms with van der Waals surface area (Å²) in [4.78, 5) is 28.4. The maximum atomic E-state index is 13.0. The lowest BCUT2D eigenvalue weighted by Crippen LogP contribution is -2.29. The minimum absolute atomic E-state index is 0.0929. The summed E-state index contributed by atoms with van der Waals surface area (Å²) >= 11 is 0. The standard InChI is InChI=1S/C32H32N4O2/c37-31-13-12-28(34-32(38)27-19-33-36(22-27)20-23-8-3-1-4-9-23)18-30(31)26-16-24-10-7-11-25(29(24)17-26)21-35-14-5-2-6-15-35/h1,3-4,7-12,17-19,22H,2,5-6,13-16,20-21H2,(H,34,38). The summed E-state index contributed by atoms with van der Waals surface area (Å²) in [5.41, 5.74) is 7.86. The zero-order valence-corrected chi connectivity index (χ0v) is 21.5. The number of carbonyl (C=O) groups is 2. The topological polar surface area (TPSA) is 67.2 Å². The number of aromatic nitrogens is 2. The van der Waals surface area contributed by atoms with E-state index in [1.807, 2.05) is 36.4 Å². The van der Waals surface area contributed by atoms with Gasteiger partial charge >= 0.3 is 0 Å². The summed E-state index contributed by atoms with van der Waals surface area (Å²) in [5.74, 6) is -0.136. The quantitative estimate of drug-likeness (QED) is 0.488. The first-order valence-corrected chi connectivity index (χ1v) is 13.5. The van der Waals surface area contributed by atoms with E-state index in [0.717, 1.165) is 37.2 Å². The zero-order chi connectivity index (χ0) is 25.9. The monoisotopic (exact) mass is 504 g/mol. The molecule has 1 saturated heterocycles. The molecule has 2 aromatic carbocycles. The van der Waals surface area contributed by atoms with Crippen molar-refractivity contribution in [3.63, 3.8) is 0 Å². The molecule has 3 aromatic rings. The highest BCUT2D eigenvalue weighted by atomic mass is 16.1. The van der Waals surface area contributed by atoms with Crippen LogP contribution in [-0.4, -0.2) is 39.5 Å². The van der Waals surface area contributed by atoms with Gasteiger partial charge in [0.25, 0.3) is 5.91 Å². The van der Waals surface area contributed by atoms with Crippen LogP contribution in [0.1, 0.15) is 58.3 Å². The average Bonchev–Trinajstić information content (AvgIpc) is 3.59. The van der Waals surface area contributed by atoms with Crippen LogP contribution in [0, 0.1) is 0 Å². The normalized spacial score (nSPS) is 17.5. The molecule has 1 fully saturated rings. The van der Waals surface area contributed by atoms with Crippen LogP contribution in [-0.2, 0) is 24.3 Å². The molecule has 1 amide bonds. The number of nitrogens with one attached hydrogen (secondary N) is 1. The Morgan fingerprint density at radius 1 is 0.947 bits per heavy atom. The molecule has 3 aliphatic rings. The molecule has 0 radical (unpaired) electrons. The first-order chi connectivity index (χ1) is 18.6. The van der Waals surface area contributed by atoms with Crippen molar-refractivity contribution < 1.29 is 9.59 Å². The summed E-state index contributed by atoms with van der Waals surface area (Å²) in [7, 11) is 0. The third-order valence-corrected chi connectivity index (χ3v) is 7.62. The number of Topliss-reactive ketones (excluding diaryl/α,β-unsaturated/α-hetero) is 1. The van der Waals surface area contributed by atoms with Gasteiger partial charge in [-0.05, 0) is 66.3 Å². The molecule has 38 heavy (non-hydrogen) atoms. The Morgan fingerprint density at radius 2 is 1.79 bits per heavy atom. The lowest BCUT2D eigenvalue weighted by molar-refractivity contribution is -0.114. The van der Waals surface area contributed by atoms with E-state index >= 15 is 0 Å². The van der Waals surface area contributed by atoms with Gasteiger partial charge in [-0.2, -0.15) is 5.10 Å². The van der Waals surface area contributed by atoms with Crippen LogP contribution in [0.4, 0.5) is 0 Å². The molecule has 6 heteroatoms. The van der Waals surface area contributed by atoms with Gasteiger partial charge in [-0.3, -0.25) is 19.2 Å². The van der Waals surface area contributed by atoms with E-state index in [1.54, 1.807) is 23.2 Å². The number of hydrogen-bond acceptors (Lipinski definition) is 4. The summed E-state index contributed by atoms with van der Waals surface area (Å²) in [6, 6.07) is 16.5. The minimum Gasteiger partial charge on any atom is -0.322 e. The molecule has 1 aromatic heterocycles. The number of rotatable bonds is 7. The van der Waals surface area contributed by atoms with Gasteiger partial charge in [-0.25, -0.2) is 0 Å². The van der Waals surface area contributed by atoms with E-state index in [-0.39, 0.29) is 18.1 Å². The van der Waals surface area contributed by atoms with Crippen LogP contribution in [0.25, 0.3) is 6.08 Å². The van der Waals surface area contributed by atoms with Crippen molar-refractivity contribution in [1.29, 1.82) is 0 Å². The largest absolute Gasteiger partial charge is 0.322 e. The van der Waals surface area contributed by atoms with Crippen LogP contribution < -0.4 is 5.32 Å². The van der Waals surface area contributed by atoms with Gasteiger partial charge < -0.3 is 5.32 Å². The van der Waals surface area contributed by atoms with Gasteiger partial charge in [0.1, 0.15) is 0 Å². The molecule has 6 rings (SSSR count). The smallest absolute Gasteiger partial charge is 0.258 e. The molecule has 2 aliphatic carbocycles. The number of carbonyl (C=O) groups excluding carboxylic acids is 2. The third-order valence-electron chi connectivity index (χ3n) is 7.62. The SMILES string of the molecule is O=C1CC=C(NC(=O)c2cnn(Cc3ccccc3)c2)C=C1C1=Cc2c(cccc2CN2CCCCC2)C1. The average molecular weight is 505 g/mol. The van der Waals surface area contributed by atoms with Crippen molar-refractivity contribution in [2.24, 2.45) is 0 Å². The molecule has 0 bridgehead atoms. The number of piperidine rings is 1. The highest BCUT2D eigenvalue weighted by Gasteiger charge is 2.25. The maximum absolute atomic E-state index is 13.0. The number of benzene rings is 2. The molecule has 1 N–H and O–H groups in total. The number of amides is 1. The molecule has 0 saturated carbocycles. The van der Waals surface area contributed by atoms with Gasteiger partial charge in [0.05, 0.1) is 18.3 Å². The maximum Gasteiger partial charge on any atom is 0.258 e. The van der Waals surface area contributed by atoms with Crippen molar-refractivity contribution in [1.82, 2.24) is 20.0 Å². The predicted octanol–water partition coefficient (Wildman–Crippen LogP) is 5.07. The van der Waals surface area contributed by atoms with Crippen LogP contribution >= 0.6 is 0 Å². The lowest BCUT2D eigenvalue weighted by Gasteiger charge is -2.27. The number of hydrogen-bond donors (Lipinski definition) is 1. The second kappa shape index (κ2) is 10.8. The predicted molar refractivity (Wildman–Crippen MR) is 148 cm³/mol. The fourth-order valence-corrected chi connectivity index (χ4v) is 5.61. The van der Waals surface area contributed by atoms with E-state index in [4.69, 9.17) is 0 Å². The molecule has 1 aliphatic heterocycles. The van der Waals surface area contributed by atoms with Crippen LogP contribution in [0.3, 0.4) is 0 Å². The number of likely N-dealkylation sites (tertiary alicyclic amines) is 1. The van der Waals surface area contributed by atoms with Crippen molar-refractivity contribution in [3.8, 4) is 0 Å². The summed E-state index contributed by atoms with van der Waals surface area (Å²) < 4.78 is 1.76. The van der Waals surface area contributed by atoms with Crippen LogP contribution in [0.5, 0.6) is 0 Å². The Bertz CT molecular complexity index is 1460. The van der Waals surface area contributed by atoms with E-state index in [2.05, 4.69) is 39.6 Å². The Balaban J connectivity index is 1.16. The van der Waals surface area contributed by atoms with Gasteiger partial charge in [0.2, 0.25) is 0 Å². The van der Waals surface area contributed by atoms with Gasteiger partial charge in [0, 0.05) is 30.4 Å². The summed E-state index contributed by atoms with van der Waals surface area (Å²) in [6.45, 7) is 3.87. The van der Waals surface area contributed by atoms with Crippen molar-refractivity contribution in [3.05, 3.63) is 118 Å². The fourth-order valence-electron chi connectivity index (χ4n) is 5.61. The lowest BCUT2D eigenvalue weighted by atomic mass is 9.93. The Kier molecular flexibility index (Phi) is 6.88. The van der Waals surface area contributed by atoms with Gasteiger partial charge in [-0.1, -0.05) is 67.1 Å². The molecule has 0 spiro atoms. The number of ketones is 1. The molecule has 0 atom stereocenters. The molecular formula is C32H32N4O2. The first-order valence-electron chi connectivity index (χ1n) is 13.5. The zero-order valence-electron chi connectivity index (χ0n) is 21.5. The first kappa shape index (κ1) is 24.3. The van der Waals surface area contributed by atoms with E-state index in [0.29, 0.717) is 23.4 Å². The molecule has 2 heterocycles. The fraction of sp³-hybridized carbons (Fsp3) is 0.281. The Labute approximate surface area is 223 Å². The van der Waals surface area contributed by atoms with Gasteiger partial charge in [-0.15, -0.1) is 0 Å². The van der Waals surface area contributed by atoms with E-state index in [1.165, 1.54) is 36.0 Å². The number of allylic oxidation sites excluding steroid dienone is 4. The number of fused-ring (bicyclic) bond motifs is 1. The molecule has 0 unspecified atom stereocenters. The number of nitrogens with zero attached hydrogens (tertiary/aromatic N) is 3. The Morgan fingerprint density at radius 3 is 2.63 bits per heavy atom. The molecule has 192 valence electrons. The van der Waals surface area contributed by atoms with Crippen LogP contribution in [0.15, 0.2) is 89.9 Å². The van der Waals surface area contributed by atoms with Crippen molar-refractivity contribution in [2.45, 2.75) is 45.2 Å². The summed E-state index contributed by atoms with van der Waals surface area (Å²) in [6.07, 6.45) is 14.0. The minimum atomic E-state index is -0.229. The second-order valence-electron chi connectivity index (χ2n) is 10.4. The van der Waals surface area contributed by atoms with E-state index < -0.39 is 0 Å². The van der Waals surface area contributed by atoms with Crippen LogP contribution in [0.2, 0.25) is 0 Å². The molecule has 6 nitrogen and oxygen atoms in total. The van der Waals surface area contributed by atoms with Crippen molar-refractivity contribution >= 4 is 17.8 Å². The Hall–Kier alpha value is -4.03. The highest BCUT2D eigenvalue weighted by molar-refractivity contribution is 6.04. The molecular weight excluding hydrogens is 472 g/mol. The highest BCUT2D eigenvalue weighted by Crippen LogP contribution is 2.34. The second-order valence-corrected chi connectivity index (χ2v) is 10.4. The van der Waals surface area contributed by atoms with E-state index in [9.17, 15) is 9.59 Å². The third kappa shape index (κ3) is 5.31. The van der Waals surface area contributed by atoms with Gasteiger partial charge in [0.15, 0.2) is 5.78 Å². The summed E-state index contributed by atoms with van der Waals surface area (Å²) in [5, 5.41) is 7.32. The van der Waals surface area contributed by atoms with Crippen molar-refractivity contribution in [2.75, 3.05) is 13.1 Å².